The van der Waals surface area contributed by atoms with E-state index in [1.807, 2.05) is 0 Å². The fraction of sp³-hybridized carbons (Fsp3) is 0.375. The topological polar surface area (TPSA) is 91.8 Å². The lowest BCUT2D eigenvalue weighted by atomic mass is 10.2. The number of ketones is 1. The molecule has 0 heterocycles. The van der Waals surface area contributed by atoms with Crippen molar-refractivity contribution in [2.24, 2.45) is 0 Å². The van der Waals surface area contributed by atoms with Crippen LogP contribution in [-0.4, -0.2) is 42.5 Å². The molecule has 0 atom stereocenters. The van der Waals surface area contributed by atoms with Gasteiger partial charge in [0.2, 0.25) is 0 Å². The minimum Gasteiger partial charge on any atom is -0.453 e. The number of carbonyl (C=O) groups is 2. The Morgan fingerprint density at radius 2 is 2.29 bits per heavy atom. The molecule has 1 N–H and O–H groups in total. The summed E-state index contributed by atoms with van der Waals surface area (Å²) in [6, 6.07) is 0. The van der Waals surface area contributed by atoms with Crippen LogP contribution in [0.1, 0.15) is 0 Å². The standard InChI is InChI=1S/C8H11N3O3/c1-3-4-14-8(13)7(11-9)6(12)5-10-2/h3,10H,1,4-5H2,2H3. The van der Waals surface area contributed by atoms with Crippen LogP contribution in [0.25, 0.3) is 5.53 Å². The Kier molecular flexibility index (Phi) is 5.85. The summed E-state index contributed by atoms with van der Waals surface area (Å²) in [4.78, 5) is 24.7. The van der Waals surface area contributed by atoms with E-state index < -0.39 is 17.5 Å². The highest BCUT2D eigenvalue weighted by Crippen LogP contribution is 1.84. The molecule has 0 radical (unpaired) electrons. The van der Waals surface area contributed by atoms with Crippen molar-refractivity contribution < 1.29 is 19.1 Å². The van der Waals surface area contributed by atoms with Crippen molar-refractivity contribution in [3.8, 4) is 0 Å². The first kappa shape index (κ1) is 12.2. The second-order valence-corrected chi connectivity index (χ2v) is 2.29. The number of hydrogen-bond donors (Lipinski definition) is 1. The summed E-state index contributed by atoms with van der Waals surface area (Å²) in [5.41, 5.74) is 7.78. The van der Waals surface area contributed by atoms with E-state index in [0.717, 1.165) is 0 Å². The van der Waals surface area contributed by atoms with Gasteiger partial charge in [-0.25, -0.2) is 4.79 Å². The second-order valence-electron chi connectivity index (χ2n) is 2.29. The van der Waals surface area contributed by atoms with Gasteiger partial charge in [0.05, 0.1) is 6.54 Å². The average molecular weight is 197 g/mol. The van der Waals surface area contributed by atoms with Crippen LogP contribution in [0.2, 0.25) is 0 Å². The molecule has 0 aliphatic carbocycles. The van der Waals surface area contributed by atoms with Crippen molar-refractivity contribution in [3.05, 3.63) is 18.2 Å². The van der Waals surface area contributed by atoms with Gasteiger partial charge in [-0.1, -0.05) is 12.7 Å². The van der Waals surface area contributed by atoms with Crippen LogP contribution >= 0.6 is 0 Å². The molecule has 6 nitrogen and oxygen atoms in total. The summed E-state index contributed by atoms with van der Waals surface area (Å²) >= 11 is 0. The molecule has 0 unspecified atom stereocenters. The van der Waals surface area contributed by atoms with E-state index >= 15 is 0 Å². The lowest BCUT2D eigenvalue weighted by molar-refractivity contribution is -0.141. The summed E-state index contributed by atoms with van der Waals surface area (Å²) < 4.78 is 4.52. The summed E-state index contributed by atoms with van der Waals surface area (Å²) in [6.07, 6.45) is 1.34. The number of likely N-dealkylation sites (N-methyl/N-ethyl adjacent to an activating group) is 1. The highest BCUT2D eigenvalue weighted by Gasteiger charge is 2.29. The van der Waals surface area contributed by atoms with E-state index in [9.17, 15) is 9.59 Å². The van der Waals surface area contributed by atoms with Crippen LogP contribution in [0, 0.1) is 0 Å². The number of nitrogens with one attached hydrogen (secondary N) is 1. The van der Waals surface area contributed by atoms with Gasteiger partial charge in [0.25, 0.3) is 5.78 Å². The molecule has 0 aliphatic heterocycles. The van der Waals surface area contributed by atoms with Gasteiger partial charge in [0, 0.05) is 0 Å². The van der Waals surface area contributed by atoms with Crippen LogP contribution in [0.4, 0.5) is 0 Å². The Morgan fingerprint density at radius 3 is 2.71 bits per heavy atom. The van der Waals surface area contributed by atoms with Gasteiger partial charge >= 0.3 is 11.7 Å². The highest BCUT2D eigenvalue weighted by atomic mass is 16.5. The Balaban J connectivity index is 4.42. The number of carbonyl (C=O) groups excluding carboxylic acids is 2. The first-order chi connectivity index (χ1) is 6.67. The number of ether oxygens (including phenoxy) is 1. The van der Waals surface area contributed by atoms with Gasteiger partial charge in [-0.2, -0.15) is 4.79 Å². The molecule has 76 valence electrons. The van der Waals surface area contributed by atoms with Crippen LogP contribution in [0.5, 0.6) is 0 Å². The van der Waals surface area contributed by atoms with E-state index in [1.165, 1.54) is 13.1 Å². The monoisotopic (exact) mass is 197 g/mol. The lowest BCUT2D eigenvalue weighted by Crippen LogP contribution is -2.33. The molecule has 0 rings (SSSR count). The highest BCUT2D eigenvalue weighted by molar-refractivity contribution is 6.62. The van der Waals surface area contributed by atoms with E-state index in [0.29, 0.717) is 0 Å². The Hall–Kier alpha value is -1.78. The molecule has 0 fully saturated rings. The molecular formula is C8H11N3O3. The molecule has 6 heteroatoms. The molecule has 0 aromatic heterocycles. The quantitative estimate of drug-likeness (QED) is 0.150. The van der Waals surface area contributed by atoms with Crippen molar-refractivity contribution in [1.29, 1.82) is 0 Å². The SMILES string of the molecule is C=CCOC(=O)C(=[N+]=[N-])C(=O)CNC. The number of esters is 1. The minimum absolute atomic E-state index is 0.0370. The molecule has 0 aromatic rings. The summed E-state index contributed by atoms with van der Waals surface area (Å²) in [5, 5.41) is 2.52. The van der Waals surface area contributed by atoms with Gasteiger partial charge < -0.3 is 15.6 Å². The molecule has 0 saturated heterocycles. The van der Waals surface area contributed by atoms with E-state index in [4.69, 9.17) is 5.53 Å². The maximum Gasteiger partial charge on any atom is 0.442 e. The summed E-state index contributed by atoms with van der Waals surface area (Å²) in [7, 11) is 1.53. The molecular weight excluding hydrogens is 186 g/mol. The van der Waals surface area contributed by atoms with Crippen LogP contribution in [0.15, 0.2) is 12.7 Å². The molecule has 0 aliphatic rings. The number of rotatable bonds is 6. The minimum atomic E-state index is -0.965. The number of nitrogens with zero attached hydrogens (tertiary/aromatic N) is 2. The zero-order chi connectivity index (χ0) is 11.0. The fourth-order valence-corrected chi connectivity index (χ4v) is 0.658. The van der Waals surface area contributed by atoms with E-state index in [-0.39, 0.29) is 13.2 Å². The van der Waals surface area contributed by atoms with Gasteiger partial charge in [0.15, 0.2) is 0 Å². The number of Topliss-reactive ketones (excluding diaryl/α,β-unsaturated/α-hetero) is 1. The molecule has 0 spiro atoms. The zero-order valence-electron chi connectivity index (χ0n) is 7.82. The second kappa shape index (κ2) is 6.71. The fourth-order valence-electron chi connectivity index (χ4n) is 0.658. The average Bonchev–Trinajstić information content (AvgIpc) is 2.16. The third kappa shape index (κ3) is 3.75. The van der Waals surface area contributed by atoms with Crippen molar-refractivity contribution in [1.82, 2.24) is 5.32 Å². The molecule has 0 saturated carbocycles. The maximum atomic E-state index is 11.1. The Morgan fingerprint density at radius 1 is 1.64 bits per heavy atom. The maximum absolute atomic E-state index is 11.1. The Bertz CT molecular complexity index is 292. The first-order valence-corrected chi connectivity index (χ1v) is 3.85. The van der Waals surface area contributed by atoms with E-state index in [1.54, 1.807) is 0 Å². The Labute approximate surface area is 81.2 Å². The van der Waals surface area contributed by atoms with Crippen molar-refractivity contribution in [3.63, 3.8) is 0 Å². The van der Waals surface area contributed by atoms with Gasteiger partial charge in [0.1, 0.15) is 6.61 Å². The smallest absolute Gasteiger partial charge is 0.442 e. The van der Waals surface area contributed by atoms with Gasteiger partial charge in [-0.3, -0.25) is 4.79 Å². The van der Waals surface area contributed by atoms with Crippen LogP contribution in [-0.2, 0) is 14.3 Å². The molecule has 0 amide bonds. The van der Waals surface area contributed by atoms with Crippen molar-refractivity contribution >= 4 is 17.5 Å². The van der Waals surface area contributed by atoms with Gasteiger partial charge in [-0.15, -0.1) is 0 Å². The third-order valence-electron chi connectivity index (χ3n) is 1.23. The molecule has 0 bridgehead atoms. The van der Waals surface area contributed by atoms with Crippen LogP contribution < -0.4 is 5.32 Å². The lowest BCUT2D eigenvalue weighted by Gasteiger charge is -1.96. The largest absolute Gasteiger partial charge is 0.453 e. The van der Waals surface area contributed by atoms with E-state index in [2.05, 4.69) is 21.4 Å². The summed E-state index contributed by atoms with van der Waals surface area (Å²) in [5.74, 6) is -1.60. The predicted molar refractivity (Wildman–Crippen MR) is 48.7 cm³/mol. The molecule has 0 aromatic carbocycles. The van der Waals surface area contributed by atoms with Crippen molar-refractivity contribution in [2.75, 3.05) is 20.2 Å². The number of hydrogen-bond acceptors (Lipinski definition) is 4. The van der Waals surface area contributed by atoms with Crippen molar-refractivity contribution in [2.45, 2.75) is 0 Å². The first-order valence-electron chi connectivity index (χ1n) is 3.85. The predicted octanol–water partition coefficient (Wildman–Crippen LogP) is -0.825. The third-order valence-corrected chi connectivity index (χ3v) is 1.23. The van der Waals surface area contributed by atoms with Gasteiger partial charge in [-0.05, 0) is 7.05 Å². The summed E-state index contributed by atoms with van der Waals surface area (Å²) in [6.45, 7) is 3.19. The molecule has 14 heavy (non-hydrogen) atoms. The zero-order valence-corrected chi connectivity index (χ0v) is 7.82. The normalized spacial score (nSPS) is 8.64. The van der Waals surface area contributed by atoms with Crippen LogP contribution in [0.3, 0.4) is 0 Å².